The number of carbonyl (C=O) groups excluding carboxylic acids is 1. The van der Waals surface area contributed by atoms with Crippen LogP contribution < -0.4 is 10.2 Å². The summed E-state index contributed by atoms with van der Waals surface area (Å²) in [6, 6.07) is 7.56. The second-order valence-electron chi connectivity index (χ2n) is 4.52. The number of amides is 1. The number of piperazine rings is 1. The van der Waals surface area contributed by atoms with Crippen LogP contribution in [0.1, 0.15) is 12.0 Å². The SMILES string of the molecule is Cc1cccc(N2CC(=O)NCC2CC(=O)O)c1. The van der Waals surface area contributed by atoms with Crippen LogP contribution in [0, 0.1) is 6.92 Å². The molecule has 5 nitrogen and oxygen atoms in total. The maximum absolute atomic E-state index is 11.5. The van der Waals surface area contributed by atoms with Crippen molar-refractivity contribution in [1.29, 1.82) is 0 Å². The van der Waals surface area contributed by atoms with E-state index >= 15 is 0 Å². The molecule has 1 aliphatic heterocycles. The molecule has 0 aromatic heterocycles. The van der Waals surface area contributed by atoms with Crippen molar-refractivity contribution in [2.45, 2.75) is 19.4 Å². The van der Waals surface area contributed by atoms with Gasteiger partial charge in [0.25, 0.3) is 0 Å². The molecule has 0 aliphatic carbocycles. The highest BCUT2D eigenvalue weighted by Crippen LogP contribution is 2.21. The first-order valence-electron chi connectivity index (χ1n) is 5.88. The average molecular weight is 248 g/mol. The Balaban J connectivity index is 2.24. The second-order valence-corrected chi connectivity index (χ2v) is 4.52. The Morgan fingerprint density at radius 2 is 2.33 bits per heavy atom. The number of carboxylic acids is 1. The van der Waals surface area contributed by atoms with Crippen molar-refractivity contribution in [3.05, 3.63) is 29.8 Å². The lowest BCUT2D eigenvalue weighted by Gasteiger charge is -2.36. The molecule has 18 heavy (non-hydrogen) atoms. The normalized spacial score (nSPS) is 19.5. The quantitative estimate of drug-likeness (QED) is 0.829. The summed E-state index contributed by atoms with van der Waals surface area (Å²) in [5.41, 5.74) is 1.99. The zero-order valence-corrected chi connectivity index (χ0v) is 10.2. The highest BCUT2D eigenvalue weighted by molar-refractivity contribution is 5.83. The van der Waals surface area contributed by atoms with E-state index < -0.39 is 5.97 Å². The molecule has 1 aromatic rings. The van der Waals surface area contributed by atoms with Gasteiger partial charge in [-0.3, -0.25) is 9.59 Å². The minimum Gasteiger partial charge on any atom is -0.481 e. The minimum absolute atomic E-state index is 0.0220. The maximum Gasteiger partial charge on any atom is 0.305 e. The highest BCUT2D eigenvalue weighted by atomic mass is 16.4. The van der Waals surface area contributed by atoms with E-state index in [4.69, 9.17) is 5.11 Å². The van der Waals surface area contributed by atoms with Crippen molar-refractivity contribution < 1.29 is 14.7 Å². The van der Waals surface area contributed by atoms with Gasteiger partial charge in [-0.05, 0) is 24.6 Å². The molecule has 1 aromatic carbocycles. The van der Waals surface area contributed by atoms with Crippen molar-refractivity contribution in [3.63, 3.8) is 0 Å². The third kappa shape index (κ3) is 2.80. The summed E-state index contributed by atoms with van der Waals surface area (Å²) in [7, 11) is 0. The van der Waals surface area contributed by atoms with E-state index in [2.05, 4.69) is 5.32 Å². The van der Waals surface area contributed by atoms with Gasteiger partial charge in [0, 0.05) is 12.2 Å². The molecule has 2 N–H and O–H groups in total. The van der Waals surface area contributed by atoms with Crippen LogP contribution in [0.5, 0.6) is 0 Å². The third-order valence-electron chi connectivity index (χ3n) is 3.03. The lowest BCUT2D eigenvalue weighted by molar-refractivity contribution is -0.138. The Bertz CT molecular complexity index is 473. The number of rotatable bonds is 3. The number of carboxylic acid groups (broad SMARTS) is 1. The van der Waals surface area contributed by atoms with Gasteiger partial charge in [0.1, 0.15) is 0 Å². The number of nitrogens with one attached hydrogen (secondary N) is 1. The van der Waals surface area contributed by atoms with E-state index in [0.29, 0.717) is 6.54 Å². The Hall–Kier alpha value is -2.04. The zero-order valence-electron chi connectivity index (χ0n) is 10.2. The van der Waals surface area contributed by atoms with Gasteiger partial charge in [0.15, 0.2) is 0 Å². The Morgan fingerprint density at radius 1 is 1.56 bits per heavy atom. The first kappa shape index (κ1) is 12.4. The monoisotopic (exact) mass is 248 g/mol. The summed E-state index contributed by atoms with van der Waals surface area (Å²) >= 11 is 0. The Kier molecular flexibility index (Phi) is 3.50. The molecule has 1 unspecified atom stereocenters. The van der Waals surface area contributed by atoms with Gasteiger partial charge in [0.05, 0.1) is 19.0 Å². The predicted octanol–water partition coefficient (Wildman–Crippen LogP) is 0.775. The van der Waals surface area contributed by atoms with Gasteiger partial charge in [0.2, 0.25) is 5.91 Å². The van der Waals surface area contributed by atoms with Crippen LogP contribution in [0.4, 0.5) is 5.69 Å². The summed E-state index contributed by atoms with van der Waals surface area (Å²) in [4.78, 5) is 24.2. The van der Waals surface area contributed by atoms with Gasteiger partial charge in [-0.2, -0.15) is 0 Å². The molecule has 0 spiro atoms. The fourth-order valence-electron chi connectivity index (χ4n) is 2.17. The van der Waals surface area contributed by atoms with Crippen LogP contribution in [0.2, 0.25) is 0 Å². The number of nitrogens with zero attached hydrogens (tertiary/aromatic N) is 1. The number of anilines is 1. The summed E-state index contributed by atoms with van der Waals surface area (Å²) in [5, 5.41) is 11.6. The van der Waals surface area contributed by atoms with Crippen LogP contribution >= 0.6 is 0 Å². The molecule has 1 heterocycles. The molecule has 5 heteroatoms. The largest absolute Gasteiger partial charge is 0.481 e. The number of aryl methyl sites for hydroxylation is 1. The molecule has 0 bridgehead atoms. The smallest absolute Gasteiger partial charge is 0.305 e. The molecule has 1 aliphatic rings. The Labute approximate surface area is 105 Å². The zero-order chi connectivity index (χ0) is 13.1. The van der Waals surface area contributed by atoms with Crippen LogP contribution in [-0.2, 0) is 9.59 Å². The molecule has 1 saturated heterocycles. The number of benzene rings is 1. The van der Waals surface area contributed by atoms with Crippen LogP contribution in [-0.4, -0.2) is 36.1 Å². The van der Waals surface area contributed by atoms with Crippen molar-refractivity contribution >= 4 is 17.6 Å². The molecule has 1 fully saturated rings. The van der Waals surface area contributed by atoms with Gasteiger partial charge < -0.3 is 15.3 Å². The standard InChI is InChI=1S/C13H16N2O3/c1-9-3-2-4-10(5-9)15-8-12(16)14-7-11(15)6-13(17)18/h2-5,11H,6-8H2,1H3,(H,14,16)(H,17,18). The van der Waals surface area contributed by atoms with E-state index in [-0.39, 0.29) is 24.9 Å². The molecular formula is C13H16N2O3. The van der Waals surface area contributed by atoms with E-state index in [1.165, 1.54) is 0 Å². The number of carbonyl (C=O) groups is 2. The van der Waals surface area contributed by atoms with Crippen LogP contribution in [0.25, 0.3) is 0 Å². The van der Waals surface area contributed by atoms with Crippen LogP contribution in [0.15, 0.2) is 24.3 Å². The molecular weight excluding hydrogens is 232 g/mol. The fourth-order valence-corrected chi connectivity index (χ4v) is 2.17. The predicted molar refractivity (Wildman–Crippen MR) is 67.6 cm³/mol. The molecule has 0 radical (unpaired) electrons. The van der Waals surface area contributed by atoms with Gasteiger partial charge >= 0.3 is 5.97 Å². The number of hydrogen-bond donors (Lipinski definition) is 2. The van der Waals surface area contributed by atoms with Gasteiger partial charge in [-0.15, -0.1) is 0 Å². The molecule has 1 amide bonds. The first-order chi connectivity index (χ1) is 8.56. The first-order valence-corrected chi connectivity index (χ1v) is 5.88. The molecule has 0 saturated carbocycles. The van der Waals surface area contributed by atoms with Crippen molar-refractivity contribution in [2.75, 3.05) is 18.0 Å². The second kappa shape index (κ2) is 5.08. The minimum atomic E-state index is -0.853. The molecule has 1 atom stereocenters. The van der Waals surface area contributed by atoms with Crippen LogP contribution in [0.3, 0.4) is 0 Å². The van der Waals surface area contributed by atoms with Gasteiger partial charge in [-0.25, -0.2) is 0 Å². The summed E-state index contributed by atoms with van der Waals surface area (Å²) < 4.78 is 0. The lowest BCUT2D eigenvalue weighted by Crippen LogP contribution is -2.55. The summed E-state index contributed by atoms with van der Waals surface area (Å²) in [6.45, 7) is 2.56. The van der Waals surface area contributed by atoms with Crippen molar-refractivity contribution in [3.8, 4) is 0 Å². The summed E-state index contributed by atoms with van der Waals surface area (Å²) in [5.74, 6) is -0.924. The van der Waals surface area contributed by atoms with E-state index in [1.807, 2.05) is 36.1 Å². The molecule has 2 rings (SSSR count). The lowest BCUT2D eigenvalue weighted by atomic mass is 10.1. The van der Waals surface area contributed by atoms with Crippen molar-refractivity contribution in [1.82, 2.24) is 5.32 Å². The van der Waals surface area contributed by atoms with Crippen molar-refractivity contribution in [2.24, 2.45) is 0 Å². The fraction of sp³-hybridized carbons (Fsp3) is 0.385. The topological polar surface area (TPSA) is 69.6 Å². The summed E-state index contributed by atoms with van der Waals surface area (Å²) in [6.07, 6.45) is 0.0220. The number of aliphatic carboxylic acids is 1. The maximum atomic E-state index is 11.5. The number of hydrogen-bond acceptors (Lipinski definition) is 3. The highest BCUT2D eigenvalue weighted by Gasteiger charge is 2.28. The third-order valence-corrected chi connectivity index (χ3v) is 3.03. The average Bonchev–Trinajstić information content (AvgIpc) is 2.31. The van der Waals surface area contributed by atoms with E-state index in [0.717, 1.165) is 11.3 Å². The molecule has 96 valence electrons. The van der Waals surface area contributed by atoms with Gasteiger partial charge in [-0.1, -0.05) is 12.1 Å². The van der Waals surface area contributed by atoms with E-state index in [1.54, 1.807) is 0 Å². The van der Waals surface area contributed by atoms with E-state index in [9.17, 15) is 9.59 Å². The Morgan fingerprint density at radius 3 is 3.00 bits per heavy atom.